The lowest BCUT2D eigenvalue weighted by Crippen LogP contribution is -2.44. The molecule has 1 saturated heterocycles. The van der Waals surface area contributed by atoms with Crippen molar-refractivity contribution in [2.24, 2.45) is 0 Å². The molecule has 3 rings (SSSR count). The summed E-state index contributed by atoms with van der Waals surface area (Å²) in [6, 6.07) is 15.2. The third-order valence-corrected chi connectivity index (χ3v) is 4.97. The Kier molecular flexibility index (Phi) is 5.68. The Balaban J connectivity index is 1.74. The molecule has 0 bridgehead atoms. The fraction of sp³-hybridized carbons (Fsp3) is 0.0526. The number of carbonyl (C=O) groups excluding carboxylic acids is 3. The van der Waals surface area contributed by atoms with Crippen LogP contribution in [0.1, 0.15) is 26.3 Å². The van der Waals surface area contributed by atoms with Gasteiger partial charge in [0.2, 0.25) is 0 Å². The van der Waals surface area contributed by atoms with Crippen LogP contribution in [0.25, 0.3) is 6.08 Å². The van der Waals surface area contributed by atoms with Crippen molar-refractivity contribution in [2.45, 2.75) is 0 Å². The first kappa shape index (κ1) is 18.8. The van der Waals surface area contributed by atoms with Gasteiger partial charge in [-0.15, -0.1) is 0 Å². The minimum Gasteiger partial charge on any atom is -0.465 e. The van der Waals surface area contributed by atoms with Crippen LogP contribution in [0.2, 0.25) is 0 Å². The lowest BCUT2D eigenvalue weighted by molar-refractivity contribution is -0.123. The van der Waals surface area contributed by atoms with E-state index in [1.165, 1.54) is 7.11 Å². The normalized spacial score (nSPS) is 15.1. The minimum atomic E-state index is -0.434. The summed E-state index contributed by atoms with van der Waals surface area (Å²) in [4.78, 5) is 36.7. The van der Waals surface area contributed by atoms with Crippen LogP contribution in [0, 0.1) is 0 Å². The first-order chi connectivity index (χ1) is 13.0. The SMILES string of the molecule is COC(=O)c1ccc(/C=C2\SC(=S)N(NC(=O)c3ccccc3)C2=O)cc1. The number of nitrogens with zero attached hydrogens (tertiary/aromatic N) is 1. The van der Waals surface area contributed by atoms with E-state index in [0.29, 0.717) is 16.0 Å². The average Bonchev–Trinajstić information content (AvgIpc) is 2.96. The molecule has 8 heteroatoms. The van der Waals surface area contributed by atoms with Crippen LogP contribution in [0.15, 0.2) is 59.5 Å². The third-order valence-electron chi connectivity index (χ3n) is 3.67. The maximum absolute atomic E-state index is 12.6. The number of amides is 2. The molecule has 27 heavy (non-hydrogen) atoms. The minimum absolute atomic E-state index is 0.238. The van der Waals surface area contributed by atoms with Gasteiger partial charge in [-0.25, -0.2) is 4.79 Å². The molecule has 0 unspecified atom stereocenters. The van der Waals surface area contributed by atoms with E-state index in [-0.39, 0.29) is 4.32 Å². The predicted molar refractivity (Wildman–Crippen MR) is 107 cm³/mol. The van der Waals surface area contributed by atoms with Crippen molar-refractivity contribution in [1.82, 2.24) is 10.4 Å². The van der Waals surface area contributed by atoms with Crippen molar-refractivity contribution in [1.29, 1.82) is 0 Å². The number of rotatable bonds is 4. The van der Waals surface area contributed by atoms with Gasteiger partial charge in [-0.1, -0.05) is 42.1 Å². The number of esters is 1. The Morgan fingerprint density at radius 1 is 1.07 bits per heavy atom. The van der Waals surface area contributed by atoms with E-state index in [1.54, 1.807) is 60.7 Å². The van der Waals surface area contributed by atoms with Crippen LogP contribution in [0.5, 0.6) is 0 Å². The van der Waals surface area contributed by atoms with Gasteiger partial charge in [0.05, 0.1) is 17.6 Å². The van der Waals surface area contributed by atoms with Gasteiger partial charge < -0.3 is 4.74 Å². The number of hydrazine groups is 1. The Labute approximate surface area is 165 Å². The summed E-state index contributed by atoms with van der Waals surface area (Å²) < 4.78 is 4.89. The molecule has 0 saturated carbocycles. The quantitative estimate of drug-likeness (QED) is 0.485. The topological polar surface area (TPSA) is 75.7 Å². The van der Waals surface area contributed by atoms with Crippen LogP contribution >= 0.6 is 24.0 Å². The number of thiocarbonyl (C=S) groups is 1. The van der Waals surface area contributed by atoms with Gasteiger partial charge in [-0.05, 0) is 48.1 Å². The second kappa shape index (κ2) is 8.15. The summed E-state index contributed by atoms with van der Waals surface area (Å²) in [5, 5.41) is 1.06. The highest BCUT2D eigenvalue weighted by atomic mass is 32.2. The standard InChI is InChI=1S/C19H14N2O4S2/c1-25-18(24)14-9-7-12(8-10-14)11-15-17(23)21(19(26)27-15)20-16(22)13-5-3-2-4-6-13/h2-11H,1H3,(H,20,22)/b15-11-. The summed E-state index contributed by atoms with van der Waals surface area (Å²) in [7, 11) is 1.31. The van der Waals surface area contributed by atoms with E-state index in [9.17, 15) is 14.4 Å². The molecule has 0 atom stereocenters. The molecule has 1 aliphatic heterocycles. The van der Waals surface area contributed by atoms with E-state index >= 15 is 0 Å². The maximum atomic E-state index is 12.6. The summed E-state index contributed by atoms with van der Waals surface area (Å²) in [6.07, 6.45) is 1.65. The predicted octanol–water partition coefficient (Wildman–Crippen LogP) is 3.02. The number of hydrogen-bond acceptors (Lipinski definition) is 6. The van der Waals surface area contributed by atoms with Crippen molar-refractivity contribution in [3.8, 4) is 0 Å². The highest BCUT2D eigenvalue weighted by molar-refractivity contribution is 8.26. The van der Waals surface area contributed by atoms with Gasteiger partial charge in [-0.3, -0.25) is 15.0 Å². The van der Waals surface area contributed by atoms with Crippen LogP contribution in [0.3, 0.4) is 0 Å². The monoisotopic (exact) mass is 398 g/mol. The summed E-state index contributed by atoms with van der Waals surface area (Å²) >= 11 is 6.29. The lowest BCUT2D eigenvalue weighted by atomic mass is 10.1. The second-order valence-corrected chi connectivity index (χ2v) is 7.11. The number of hydrogen-bond donors (Lipinski definition) is 1. The van der Waals surface area contributed by atoms with Crippen molar-refractivity contribution in [3.05, 3.63) is 76.2 Å². The molecular weight excluding hydrogens is 384 g/mol. The largest absolute Gasteiger partial charge is 0.465 e. The van der Waals surface area contributed by atoms with E-state index in [1.807, 2.05) is 0 Å². The number of carbonyl (C=O) groups is 3. The van der Waals surface area contributed by atoms with Crippen LogP contribution in [0.4, 0.5) is 0 Å². The Hall–Kier alpha value is -2.97. The summed E-state index contributed by atoms with van der Waals surface area (Å²) in [5.41, 5.74) is 4.08. The molecule has 2 amide bonds. The van der Waals surface area contributed by atoms with Crippen LogP contribution in [-0.2, 0) is 9.53 Å². The fourth-order valence-corrected chi connectivity index (χ4v) is 3.48. The van der Waals surface area contributed by atoms with Crippen molar-refractivity contribution >= 4 is 52.2 Å². The molecule has 136 valence electrons. The molecule has 1 heterocycles. The summed E-state index contributed by atoms with van der Waals surface area (Å²) in [5.74, 6) is -1.27. The molecular formula is C19H14N2O4S2. The van der Waals surface area contributed by atoms with E-state index in [0.717, 1.165) is 22.3 Å². The number of thioether (sulfide) groups is 1. The Bertz CT molecular complexity index is 940. The smallest absolute Gasteiger partial charge is 0.337 e. The van der Waals surface area contributed by atoms with Crippen LogP contribution in [-0.4, -0.2) is 34.2 Å². The van der Waals surface area contributed by atoms with E-state index in [2.05, 4.69) is 10.2 Å². The van der Waals surface area contributed by atoms with E-state index in [4.69, 9.17) is 12.2 Å². The van der Waals surface area contributed by atoms with Gasteiger partial charge in [0.25, 0.3) is 11.8 Å². The number of nitrogens with one attached hydrogen (secondary N) is 1. The lowest BCUT2D eigenvalue weighted by Gasteiger charge is -2.15. The van der Waals surface area contributed by atoms with Gasteiger partial charge >= 0.3 is 5.97 Å². The maximum Gasteiger partial charge on any atom is 0.337 e. The third kappa shape index (κ3) is 4.24. The fourth-order valence-electron chi connectivity index (χ4n) is 2.30. The molecule has 0 radical (unpaired) electrons. The van der Waals surface area contributed by atoms with Gasteiger partial charge in [-0.2, -0.15) is 5.01 Å². The number of ether oxygens (including phenoxy) is 1. The number of methoxy groups -OCH3 is 1. The molecule has 0 aromatic heterocycles. The molecule has 0 spiro atoms. The molecule has 6 nitrogen and oxygen atoms in total. The highest BCUT2D eigenvalue weighted by Crippen LogP contribution is 2.31. The van der Waals surface area contributed by atoms with E-state index < -0.39 is 17.8 Å². The average molecular weight is 398 g/mol. The Morgan fingerprint density at radius 3 is 2.37 bits per heavy atom. The van der Waals surface area contributed by atoms with Crippen molar-refractivity contribution in [3.63, 3.8) is 0 Å². The molecule has 1 fully saturated rings. The second-order valence-electron chi connectivity index (χ2n) is 5.44. The van der Waals surface area contributed by atoms with Gasteiger partial charge in [0, 0.05) is 5.56 Å². The molecule has 2 aromatic carbocycles. The first-order valence-corrected chi connectivity index (χ1v) is 9.04. The van der Waals surface area contributed by atoms with Gasteiger partial charge in [0.15, 0.2) is 4.32 Å². The zero-order valence-corrected chi connectivity index (χ0v) is 15.8. The zero-order chi connectivity index (χ0) is 19.4. The molecule has 1 aliphatic rings. The highest BCUT2D eigenvalue weighted by Gasteiger charge is 2.33. The van der Waals surface area contributed by atoms with Crippen LogP contribution < -0.4 is 5.43 Å². The van der Waals surface area contributed by atoms with Crippen molar-refractivity contribution in [2.75, 3.05) is 7.11 Å². The molecule has 2 aromatic rings. The molecule has 1 N–H and O–H groups in total. The number of benzene rings is 2. The first-order valence-electron chi connectivity index (χ1n) is 7.82. The summed E-state index contributed by atoms with van der Waals surface area (Å²) in [6.45, 7) is 0. The molecule has 0 aliphatic carbocycles. The Morgan fingerprint density at radius 2 is 1.74 bits per heavy atom. The zero-order valence-electron chi connectivity index (χ0n) is 14.2. The van der Waals surface area contributed by atoms with Gasteiger partial charge in [0.1, 0.15) is 0 Å². The van der Waals surface area contributed by atoms with Crippen molar-refractivity contribution < 1.29 is 19.1 Å².